The fourth-order valence-electron chi connectivity index (χ4n) is 0.994. The number of amides is 1. The molecule has 0 radical (unpaired) electrons. The van der Waals surface area contributed by atoms with E-state index in [0.717, 1.165) is 0 Å². The molecule has 0 spiro atoms. The zero-order valence-electron chi connectivity index (χ0n) is 6.83. The average molecular weight is 173 g/mol. The molecule has 1 N–H and O–H groups in total. The molecule has 0 saturated carbocycles. The van der Waals surface area contributed by atoms with Gasteiger partial charge in [0, 0.05) is 13.5 Å². The molecule has 1 fully saturated rings. The molecule has 1 aliphatic heterocycles. The van der Waals surface area contributed by atoms with Crippen molar-refractivity contribution in [3.05, 3.63) is 0 Å². The number of hydrogen-bond donors (Lipinski definition) is 1. The molecule has 0 aromatic carbocycles. The number of nitrogens with one attached hydrogen (secondary N) is 1. The van der Waals surface area contributed by atoms with Crippen molar-refractivity contribution in [2.24, 2.45) is 0 Å². The Morgan fingerprint density at radius 3 is 3.08 bits per heavy atom. The third-order valence-corrected chi connectivity index (χ3v) is 1.55. The van der Waals surface area contributed by atoms with Crippen molar-refractivity contribution in [3.63, 3.8) is 0 Å². The van der Waals surface area contributed by atoms with Crippen LogP contribution in [0.25, 0.3) is 0 Å². The van der Waals surface area contributed by atoms with E-state index < -0.39 is 6.04 Å². The summed E-state index contributed by atoms with van der Waals surface area (Å²) in [4.78, 5) is 21.7. The van der Waals surface area contributed by atoms with Crippen molar-refractivity contribution in [1.29, 1.82) is 0 Å². The van der Waals surface area contributed by atoms with Crippen LogP contribution in [-0.4, -0.2) is 38.2 Å². The van der Waals surface area contributed by atoms with Gasteiger partial charge in [0.05, 0.1) is 6.61 Å². The Morgan fingerprint density at radius 1 is 1.83 bits per heavy atom. The maximum Gasteiger partial charge on any atom is 0.328 e. The fourth-order valence-corrected chi connectivity index (χ4v) is 0.994. The van der Waals surface area contributed by atoms with Gasteiger partial charge in [-0.15, -0.1) is 0 Å². The zero-order valence-corrected chi connectivity index (χ0v) is 6.83. The van der Waals surface area contributed by atoms with E-state index >= 15 is 0 Å². The maximum absolute atomic E-state index is 10.9. The normalized spacial score (nSPS) is 22.1. The van der Waals surface area contributed by atoms with Crippen LogP contribution in [0.15, 0.2) is 0 Å². The van der Waals surface area contributed by atoms with Gasteiger partial charge in [-0.1, -0.05) is 0 Å². The Labute approximate surface area is 70.0 Å². The van der Waals surface area contributed by atoms with Crippen molar-refractivity contribution in [2.75, 3.05) is 20.3 Å². The molecule has 0 aromatic rings. The molecule has 0 aliphatic carbocycles. The highest BCUT2D eigenvalue weighted by molar-refractivity contribution is 5.85. The Balaban J connectivity index is 2.30. The second-order valence-electron chi connectivity index (χ2n) is 2.51. The topological polar surface area (TPSA) is 64.6 Å². The summed E-state index contributed by atoms with van der Waals surface area (Å²) in [6.07, 6.45) is 0.550. The van der Waals surface area contributed by atoms with Crippen LogP contribution in [0.4, 0.5) is 0 Å². The van der Waals surface area contributed by atoms with E-state index in [1.165, 1.54) is 7.11 Å². The van der Waals surface area contributed by atoms with Gasteiger partial charge >= 0.3 is 5.97 Å². The smallest absolute Gasteiger partial charge is 0.328 e. The summed E-state index contributed by atoms with van der Waals surface area (Å²) < 4.78 is 9.24. The van der Waals surface area contributed by atoms with Gasteiger partial charge in [-0.25, -0.2) is 4.79 Å². The first kappa shape index (κ1) is 8.99. The van der Waals surface area contributed by atoms with E-state index in [1.807, 2.05) is 0 Å². The number of methoxy groups -OCH3 is 1. The second kappa shape index (κ2) is 4.06. The summed E-state index contributed by atoms with van der Waals surface area (Å²) in [7, 11) is 1.42. The quantitative estimate of drug-likeness (QED) is 0.560. The lowest BCUT2D eigenvalue weighted by Crippen LogP contribution is -2.39. The van der Waals surface area contributed by atoms with E-state index in [9.17, 15) is 9.59 Å². The van der Waals surface area contributed by atoms with Gasteiger partial charge in [0.25, 0.3) is 0 Å². The average Bonchev–Trinajstić information content (AvgIpc) is 2.37. The highest BCUT2D eigenvalue weighted by Crippen LogP contribution is 2.04. The lowest BCUT2D eigenvalue weighted by Gasteiger charge is -2.07. The molecule has 1 amide bonds. The molecule has 68 valence electrons. The van der Waals surface area contributed by atoms with Gasteiger partial charge in [-0.2, -0.15) is 0 Å². The molecular weight excluding hydrogens is 162 g/mol. The summed E-state index contributed by atoms with van der Waals surface area (Å²) in [5.41, 5.74) is 0. The first-order valence-electron chi connectivity index (χ1n) is 3.69. The van der Waals surface area contributed by atoms with Gasteiger partial charge in [0.2, 0.25) is 5.91 Å². The molecule has 1 saturated heterocycles. The van der Waals surface area contributed by atoms with Crippen LogP contribution in [0.3, 0.4) is 0 Å². The third kappa shape index (κ3) is 2.20. The molecule has 12 heavy (non-hydrogen) atoms. The number of carbonyl (C=O) groups excluding carboxylic acids is 2. The highest BCUT2D eigenvalue weighted by Gasteiger charge is 2.27. The number of hydrogen-bond acceptors (Lipinski definition) is 4. The van der Waals surface area contributed by atoms with Crippen LogP contribution in [0.5, 0.6) is 0 Å². The van der Waals surface area contributed by atoms with E-state index in [-0.39, 0.29) is 18.5 Å². The van der Waals surface area contributed by atoms with Crippen molar-refractivity contribution in [2.45, 2.75) is 12.5 Å². The van der Waals surface area contributed by atoms with Gasteiger partial charge < -0.3 is 14.8 Å². The van der Waals surface area contributed by atoms with E-state index in [4.69, 9.17) is 0 Å². The van der Waals surface area contributed by atoms with Gasteiger partial charge in [0.15, 0.2) is 0 Å². The Kier molecular flexibility index (Phi) is 3.04. The molecule has 5 heteroatoms. The summed E-state index contributed by atoms with van der Waals surface area (Å²) in [6, 6.07) is -0.479. The molecule has 5 nitrogen and oxygen atoms in total. The second-order valence-corrected chi connectivity index (χ2v) is 2.51. The molecule has 1 aliphatic rings. The zero-order chi connectivity index (χ0) is 8.97. The number of cyclic esters (lactones) is 1. The molecule has 0 aromatic heterocycles. The minimum Gasteiger partial charge on any atom is -0.464 e. The molecule has 1 atom stereocenters. The van der Waals surface area contributed by atoms with Crippen molar-refractivity contribution >= 4 is 11.9 Å². The summed E-state index contributed by atoms with van der Waals surface area (Å²) in [5, 5.41) is 2.49. The fraction of sp³-hybridized carbons (Fsp3) is 0.714. The summed E-state index contributed by atoms with van der Waals surface area (Å²) in [5.74, 6) is -0.652. The highest BCUT2D eigenvalue weighted by atomic mass is 16.5. The SMILES string of the molecule is COCC(=O)N[C@H]1CCOC1=O. The standard InChI is InChI=1S/C7H11NO4/c1-11-4-6(9)8-5-2-3-12-7(5)10/h5H,2-4H2,1H3,(H,8,9)/t5-/m0/s1. The third-order valence-electron chi connectivity index (χ3n) is 1.55. The van der Waals surface area contributed by atoms with Crippen LogP contribution in [0.2, 0.25) is 0 Å². The minimum absolute atomic E-state index is 0.0240. The number of carbonyl (C=O) groups is 2. The van der Waals surface area contributed by atoms with Crippen LogP contribution < -0.4 is 5.32 Å². The van der Waals surface area contributed by atoms with Gasteiger partial charge in [0.1, 0.15) is 12.6 Å². The minimum atomic E-state index is -0.479. The predicted molar refractivity (Wildman–Crippen MR) is 39.4 cm³/mol. The predicted octanol–water partition coefficient (Wildman–Crippen LogP) is -0.935. The number of ether oxygens (including phenoxy) is 2. The number of esters is 1. The van der Waals surface area contributed by atoms with Crippen LogP contribution in [0.1, 0.15) is 6.42 Å². The Bertz CT molecular complexity index is 192. The van der Waals surface area contributed by atoms with Crippen LogP contribution in [-0.2, 0) is 19.1 Å². The molecule has 0 bridgehead atoms. The summed E-state index contributed by atoms with van der Waals surface area (Å²) in [6.45, 7) is 0.362. The van der Waals surface area contributed by atoms with Gasteiger partial charge in [-0.05, 0) is 0 Å². The Morgan fingerprint density at radius 2 is 2.58 bits per heavy atom. The van der Waals surface area contributed by atoms with Crippen molar-refractivity contribution < 1.29 is 19.1 Å². The molecular formula is C7H11NO4. The van der Waals surface area contributed by atoms with Crippen LogP contribution in [0, 0.1) is 0 Å². The first-order chi connectivity index (χ1) is 5.74. The Hall–Kier alpha value is -1.10. The van der Waals surface area contributed by atoms with Gasteiger partial charge in [-0.3, -0.25) is 4.79 Å². The summed E-state index contributed by atoms with van der Waals surface area (Å²) >= 11 is 0. The maximum atomic E-state index is 10.9. The largest absolute Gasteiger partial charge is 0.464 e. The lowest BCUT2D eigenvalue weighted by atomic mass is 10.2. The monoisotopic (exact) mass is 173 g/mol. The van der Waals surface area contributed by atoms with E-state index in [2.05, 4.69) is 14.8 Å². The molecule has 1 heterocycles. The first-order valence-corrected chi connectivity index (χ1v) is 3.69. The van der Waals surface area contributed by atoms with Crippen molar-refractivity contribution in [1.82, 2.24) is 5.32 Å². The van der Waals surface area contributed by atoms with Crippen molar-refractivity contribution in [3.8, 4) is 0 Å². The van der Waals surface area contributed by atoms with E-state index in [0.29, 0.717) is 13.0 Å². The molecule has 1 rings (SSSR count). The number of rotatable bonds is 3. The van der Waals surface area contributed by atoms with E-state index in [1.54, 1.807) is 0 Å². The lowest BCUT2D eigenvalue weighted by molar-refractivity contribution is -0.141. The van der Waals surface area contributed by atoms with Crippen LogP contribution >= 0.6 is 0 Å². The molecule has 0 unspecified atom stereocenters.